The molecular formula is C19H15N3OS2. The van der Waals surface area contributed by atoms with Crippen molar-refractivity contribution < 1.29 is 4.79 Å². The Bertz CT molecular complexity index is 1020. The van der Waals surface area contributed by atoms with E-state index < -0.39 is 0 Å². The Balaban J connectivity index is 1.34. The summed E-state index contributed by atoms with van der Waals surface area (Å²) >= 11 is 3.25. The second-order valence-corrected chi connectivity index (χ2v) is 8.17. The number of hydrogen-bond acceptors (Lipinski definition) is 4. The van der Waals surface area contributed by atoms with Crippen LogP contribution in [0.25, 0.3) is 16.2 Å². The minimum atomic E-state index is -0.0188. The first-order valence-electron chi connectivity index (χ1n) is 8.22. The maximum atomic E-state index is 12.4. The molecule has 1 N–H and O–H groups in total. The molecule has 4 nitrogen and oxygen atoms in total. The molecule has 0 saturated heterocycles. The monoisotopic (exact) mass is 365 g/mol. The number of rotatable bonds is 3. The van der Waals surface area contributed by atoms with Gasteiger partial charge in [0.05, 0.1) is 10.6 Å². The number of nitrogens with zero attached hydrogens (tertiary/aromatic N) is 2. The average Bonchev–Trinajstić information content (AvgIpc) is 3.34. The molecule has 25 heavy (non-hydrogen) atoms. The molecule has 0 spiro atoms. The van der Waals surface area contributed by atoms with Crippen LogP contribution in [0.5, 0.6) is 0 Å². The summed E-state index contributed by atoms with van der Waals surface area (Å²) in [6, 6.07) is 9.91. The number of aryl methyl sites for hydroxylation is 2. The van der Waals surface area contributed by atoms with Crippen molar-refractivity contribution in [3.05, 3.63) is 63.4 Å². The van der Waals surface area contributed by atoms with Crippen LogP contribution in [0.4, 0.5) is 5.69 Å². The lowest BCUT2D eigenvalue weighted by molar-refractivity contribution is 0.103. The van der Waals surface area contributed by atoms with Gasteiger partial charge in [-0.25, -0.2) is 4.98 Å². The van der Waals surface area contributed by atoms with Crippen molar-refractivity contribution in [1.82, 2.24) is 9.38 Å². The van der Waals surface area contributed by atoms with Crippen LogP contribution < -0.4 is 5.32 Å². The molecule has 0 aliphatic heterocycles. The third-order valence-corrected chi connectivity index (χ3v) is 6.51. The Labute approximate surface area is 152 Å². The third kappa shape index (κ3) is 2.67. The third-order valence-electron chi connectivity index (χ3n) is 4.50. The van der Waals surface area contributed by atoms with E-state index in [1.807, 2.05) is 46.4 Å². The number of nitrogens with one attached hydrogen (secondary N) is 1. The SMILES string of the molecule is O=C(Nc1ccc(-c2cn3ccsc3n2)cc1)c1cc2c(s1)CCC2. The Morgan fingerprint density at radius 1 is 1.20 bits per heavy atom. The summed E-state index contributed by atoms with van der Waals surface area (Å²) in [6.07, 6.45) is 7.46. The first kappa shape index (κ1) is 14.9. The van der Waals surface area contributed by atoms with Crippen molar-refractivity contribution in [3.63, 3.8) is 0 Å². The first-order chi connectivity index (χ1) is 12.3. The predicted molar refractivity (Wildman–Crippen MR) is 103 cm³/mol. The topological polar surface area (TPSA) is 46.4 Å². The van der Waals surface area contributed by atoms with Gasteiger partial charge in [0, 0.05) is 33.9 Å². The van der Waals surface area contributed by atoms with E-state index in [0.717, 1.165) is 39.6 Å². The van der Waals surface area contributed by atoms with E-state index in [0.29, 0.717) is 0 Å². The van der Waals surface area contributed by atoms with Crippen LogP contribution in [0, 0.1) is 0 Å². The molecule has 124 valence electrons. The van der Waals surface area contributed by atoms with Gasteiger partial charge in [0.15, 0.2) is 4.96 Å². The van der Waals surface area contributed by atoms with E-state index >= 15 is 0 Å². The van der Waals surface area contributed by atoms with Gasteiger partial charge in [-0.05, 0) is 43.0 Å². The lowest BCUT2D eigenvalue weighted by Gasteiger charge is -2.04. The summed E-state index contributed by atoms with van der Waals surface area (Å²) in [5.41, 5.74) is 4.15. The summed E-state index contributed by atoms with van der Waals surface area (Å²) in [5, 5.41) is 5.01. The zero-order valence-electron chi connectivity index (χ0n) is 13.4. The molecule has 3 aromatic heterocycles. The molecule has 3 heterocycles. The minimum Gasteiger partial charge on any atom is -0.321 e. The van der Waals surface area contributed by atoms with Gasteiger partial charge in [-0.3, -0.25) is 9.20 Å². The van der Waals surface area contributed by atoms with Crippen LogP contribution in [0.15, 0.2) is 48.1 Å². The Morgan fingerprint density at radius 2 is 2.08 bits per heavy atom. The fourth-order valence-corrected chi connectivity index (χ4v) is 5.07. The van der Waals surface area contributed by atoms with Gasteiger partial charge in [0.1, 0.15) is 0 Å². The number of benzene rings is 1. The van der Waals surface area contributed by atoms with Crippen LogP contribution >= 0.6 is 22.7 Å². The van der Waals surface area contributed by atoms with E-state index in [-0.39, 0.29) is 5.91 Å². The summed E-state index contributed by atoms with van der Waals surface area (Å²) in [7, 11) is 0. The molecular weight excluding hydrogens is 350 g/mol. The number of amides is 1. The van der Waals surface area contributed by atoms with Crippen molar-refractivity contribution in [2.24, 2.45) is 0 Å². The molecule has 0 unspecified atom stereocenters. The molecule has 1 amide bonds. The van der Waals surface area contributed by atoms with Gasteiger partial charge in [-0.1, -0.05) is 12.1 Å². The van der Waals surface area contributed by atoms with E-state index in [2.05, 4.69) is 16.4 Å². The molecule has 0 fully saturated rings. The van der Waals surface area contributed by atoms with Crippen molar-refractivity contribution in [3.8, 4) is 11.3 Å². The molecule has 0 radical (unpaired) electrons. The fourth-order valence-electron chi connectivity index (χ4n) is 3.22. The Morgan fingerprint density at radius 3 is 2.88 bits per heavy atom. The van der Waals surface area contributed by atoms with Gasteiger partial charge < -0.3 is 5.32 Å². The van der Waals surface area contributed by atoms with Crippen molar-refractivity contribution in [2.45, 2.75) is 19.3 Å². The zero-order chi connectivity index (χ0) is 16.8. The predicted octanol–water partition coefficient (Wildman–Crippen LogP) is 4.87. The van der Waals surface area contributed by atoms with E-state index in [9.17, 15) is 4.79 Å². The highest BCUT2D eigenvalue weighted by atomic mass is 32.1. The molecule has 4 aromatic rings. The van der Waals surface area contributed by atoms with Crippen molar-refractivity contribution >= 4 is 39.2 Å². The second kappa shape index (κ2) is 5.82. The summed E-state index contributed by atoms with van der Waals surface area (Å²) in [5.74, 6) is -0.0188. The second-order valence-electron chi connectivity index (χ2n) is 6.16. The lowest BCUT2D eigenvalue weighted by atomic mass is 10.1. The van der Waals surface area contributed by atoms with E-state index in [4.69, 9.17) is 0 Å². The van der Waals surface area contributed by atoms with Gasteiger partial charge in [-0.15, -0.1) is 22.7 Å². The summed E-state index contributed by atoms with van der Waals surface area (Å²) in [6.45, 7) is 0. The number of anilines is 1. The number of aromatic nitrogens is 2. The minimum absolute atomic E-state index is 0.0188. The van der Waals surface area contributed by atoms with Crippen LogP contribution in [0.2, 0.25) is 0 Å². The number of fused-ring (bicyclic) bond motifs is 2. The van der Waals surface area contributed by atoms with Crippen LogP contribution in [0.1, 0.15) is 26.5 Å². The molecule has 1 aromatic carbocycles. The number of thiazole rings is 1. The standard InChI is InChI=1S/C19H15N3OS2/c23-18(17-10-13-2-1-3-16(13)25-17)20-14-6-4-12(5-7-14)15-11-22-8-9-24-19(22)21-15/h4-11H,1-3H2,(H,20,23). The number of imidazole rings is 1. The number of carbonyl (C=O) groups is 1. The van der Waals surface area contributed by atoms with Crippen molar-refractivity contribution in [1.29, 1.82) is 0 Å². The molecule has 0 atom stereocenters. The largest absolute Gasteiger partial charge is 0.321 e. The summed E-state index contributed by atoms with van der Waals surface area (Å²) < 4.78 is 2.02. The Hall–Kier alpha value is -2.44. The normalized spacial score (nSPS) is 13.3. The highest BCUT2D eigenvalue weighted by Crippen LogP contribution is 2.31. The average molecular weight is 365 g/mol. The van der Waals surface area contributed by atoms with Crippen LogP contribution in [-0.2, 0) is 12.8 Å². The number of carbonyl (C=O) groups excluding carboxylic acids is 1. The highest BCUT2D eigenvalue weighted by molar-refractivity contribution is 7.15. The van der Waals surface area contributed by atoms with Crippen LogP contribution in [-0.4, -0.2) is 15.3 Å². The van der Waals surface area contributed by atoms with Crippen LogP contribution in [0.3, 0.4) is 0 Å². The first-order valence-corrected chi connectivity index (χ1v) is 9.91. The Kier molecular flexibility index (Phi) is 3.46. The number of thiophene rings is 1. The van der Waals surface area contributed by atoms with E-state index in [1.165, 1.54) is 16.9 Å². The maximum Gasteiger partial charge on any atom is 0.265 e. The molecule has 0 bridgehead atoms. The molecule has 1 aliphatic rings. The van der Waals surface area contributed by atoms with E-state index in [1.54, 1.807) is 22.7 Å². The van der Waals surface area contributed by atoms with Gasteiger partial charge in [0.2, 0.25) is 0 Å². The zero-order valence-corrected chi connectivity index (χ0v) is 15.0. The van der Waals surface area contributed by atoms with Gasteiger partial charge >= 0.3 is 0 Å². The molecule has 0 saturated carbocycles. The van der Waals surface area contributed by atoms with Gasteiger partial charge in [-0.2, -0.15) is 0 Å². The number of hydrogen-bond donors (Lipinski definition) is 1. The highest BCUT2D eigenvalue weighted by Gasteiger charge is 2.18. The quantitative estimate of drug-likeness (QED) is 0.563. The lowest BCUT2D eigenvalue weighted by Crippen LogP contribution is -2.10. The van der Waals surface area contributed by atoms with Crippen molar-refractivity contribution in [2.75, 3.05) is 5.32 Å². The molecule has 1 aliphatic carbocycles. The smallest absolute Gasteiger partial charge is 0.265 e. The fraction of sp³-hybridized carbons (Fsp3) is 0.158. The molecule has 6 heteroatoms. The maximum absolute atomic E-state index is 12.4. The summed E-state index contributed by atoms with van der Waals surface area (Å²) in [4.78, 5) is 20.2. The molecule has 5 rings (SSSR count). The van der Waals surface area contributed by atoms with Gasteiger partial charge in [0.25, 0.3) is 5.91 Å².